The van der Waals surface area contributed by atoms with Gasteiger partial charge in [0.05, 0.1) is 4.92 Å². The summed E-state index contributed by atoms with van der Waals surface area (Å²) in [5.74, 6) is 0. The van der Waals surface area contributed by atoms with Gasteiger partial charge in [0.25, 0.3) is 5.69 Å². The standard InChI is InChI=1S/C13H10N2O3/c16-10-14(11-4-2-1-3-5-11)12-6-8-13(9-7-12)15(17)18/h1-10H. The van der Waals surface area contributed by atoms with E-state index in [0.29, 0.717) is 17.8 Å². The first-order chi connectivity index (χ1) is 8.72. The van der Waals surface area contributed by atoms with Crippen LogP contribution in [0.5, 0.6) is 0 Å². The van der Waals surface area contributed by atoms with Crippen molar-refractivity contribution in [2.24, 2.45) is 0 Å². The average molecular weight is 242 g/mol. The van der Waals surface area contributed by atoms with Crippen LogP contribution in [0, 0.1) is 10.1 Å². The molecule has 0 N–H and O–H groups in total. The molecule has 0 radical (unpaired) electrons. The number of rotatable bonds is 4. The minimum absolute atomic E-state index is 0.00217. The number of nitrogens with zero attached hydrogens (tertiary/aromatic N) is 2. The van der Waals surface area contributed by atoms with Crippen molar-refractivity contribution in [1.82, 2.24) is 0 Å². The number of hydrogen-bond donors (Lipinski definition) is 0. The summed E-state index contributed by atoms with van der Waals surface area (Å²) in [7, 11) is 0. The summed E-state index contributed by atoms with van der Waals surface area (Å²) in [5, 5.41) is 10.5. The molecule has 0 spiro atoms. The zero-order valence-electron chi connectivity index (χ0n) is 9.39. The van der Waals surface area contributed by atoms with E-state index in [1.54, 1.807) is 24.3 Å². The summed E-state index contributed by atoms with van der Waals surface area (Å²) in [6, 6.07) is 14.9. The van der Waals surface area contributed by atoms with E-state index in [1.807, 2.05) is 18.2 Å². The van der Waals surface area contributed by atoms with Crippen molar-refractivity contribution < 1.29 is 9.72 Å². The van der Waals surface area contributed by atoms with Gasteiger partial charge in [-0.2, -0.15) is 0 Å². The van der Waals surface area contributed by atoms with E-state index in [1.165, 1.54) is 17.0 Å². The quantitative estimate of drug-likeness (QED) is 0.470. The van der Waals surface area contributed by atoms with Gasteiger partial charge >= 0.3 is 0 Å². The summed E-state index contributed by atoms with van der Waals surface area (Å²) in [5.41, 5.74) is 1.29. The van der Waals surface area contributed by atoms with Crippen LogP contribution in [0.25, 0.3) is 0 Å². The number of anilines is 2. The predicted molar refractivity (Wildman–Crippen MR) is 67.7 cm³/mol. The number of carbonyl (C=O) groups excluding carboxylic acids is 1. The fourth-order valence-electron chi connectivity index (χ4n) is 1.59. The van der Waals surface area contributed by atoms with Gasteiger partial charge in [-0.25, -0.2) is 0 Å². The molecule has 0 unspecified atom stereocenters. The summed E-state index contributed by atoms with van der Waals surface area (Å²) in [6.07, 6.45) is 0.677. The summed E-state index contributed by atoms with van der Waals surface area (Å²) in [4.78, 5) is 22.6. The molecule has 0 fully saturated rings. The molecule has 0 aliphatic carbocycles. The molecule has 0 aliphatic heterocycles. The van der Waals surface area contributed by atoms with Gasteiger partial charge in [-0.05, 0) is 24.3 Å². The van der Waals surface area contributed by atoms with Crippen LogP contribution in [-0.4, -0.2) is 11.3 Å². The highest BCUT2D eigenvalue weighted by Gasteiger charge is 2.10. The monoisotopic (exact) mass is 242 g/mol. The normalized spacial score (nSPS) is 9.78. The first-order valence-corrected chi connectivity index (χ1v) is 5.26. The van der Waals surface area contributed by atoms with E-state index in [-0.39, 0.29) is 5.69 Å². The number of non-ortho nitro benzene ring substituents is 1. The second-order valence-electron chi connectivity index (χ2n) is 3.58. The third-order valence-corrected chi connectivity index (χ3v) is 2.48. The van der Waals surface area contributed by atoms with E-state index < -0.39 is 4.92 Å². The molecule has 2 rings (SSSR count). The summed E-state index contributed by atoms with van der Waals surface area (Å²) >= 11 is 0. The lowest BCUT2D eigenvalue weighted by Gasteiger charge is -2.17. The fraction of sp³-hybridized carbons (Fsp3) is 0. The van der Waals surface area contributed by atoms with Crippen molar-refractivity contribution in [3.63, 3.8) is 0 Å². The molecule has 0 saturated heterocycles. The van der Waals surface area contributed by atoms with Gasteiger partial charge in [0, 0.05) is 23.5 Å². The zero-order valence-corrected chi connectivity index (χ0v) is 9.39. The van der Waals surface area contributed by atoms with Crippen molar-refractivity contribution in [2.45, 2.75) is 0 Å². The van der Waals surface area contributed by atoms with Crippen molar-refractivity contribution in [3.05, 3.63) is 64.7 Å². The molecule has 0 aromatic heterocycles. The highest BCUT2D eigenvalue weighted by Crippen LogP contribution is 2.25. The van der Waals surface area contributed by atoms with E-state index >= 15 is 0 Å². The van der Waals surface area contributed by atoms with Crippen LogP contribution < -0.4 is 4.90 Å². The molecule has 90 valence electrons. The molecule has 5 nitrogen and oxygen atoms in total. The maximum absolute atomic E-state index is 11.1. The Labute approximate surface area is 103 Å². The van der Waals surface area contributed by atoms with Gasteiger partial charge in [0.15, 0.2) is 0 Å². The molecule has 0 atom stereocenters. The fourth-order valence-corrected chi connectivity index (χ4v) is 1.59. The minimum atomic E-state index is -0.475. The third-order valence-electron chi connectivity index (χ3n) is 2.48. The van der Waals surface area contributed by atoms with Crippen LogP contribution >= 0.6 is 0 Å². The minimum Gasteiger partial charge on any atom is -0.284 e. The molecule has 1 amide bonds. The van der Waals surface area contributed by atoms with Crippen molar-refractivity contribution in [3.8, 4) is 0 Å². The smallest absolute Gasteiger partial charge is 0.269 e. The van der Waals surface area contributed by atoms with Crippen LogP contribution in [0.15, 0.2) is 54.6 Å². The molecule has 0 aliphatic rings. The van der Waals surface area contributed by atoms with Gasteiger partial charge in [-0.1, -0.05) is 18.2 Å². The second-order valence-corrected chi connectivity index (χ2v) is 3.58. The van der Waals surface area contributed by atoms with Gasteiger partial charge in [-0.15, -0.1) is 0 Å². The number of nitro benzene ring substituents is 1. The topological polar surface area (TPSA) is 63.5 Å². The van der Waals surface area contributed by atoms with E-state index in [4.69, 9.17) is 0 Å². The first-order valence-electron chi connectivity index (χ1n) is 5.26. The molecule has 18 heavy (non-hydrogen) atoms. The zero-order chi connectivity index (χ0) is 13.0. The molecule has 0 saturated carbocycles. The second kappa shape index (κ2) is 5.09. The summed E-state index contributed by atoms with van der Waals surface area (Å²) in [6.45, 7) is 0. The van der Waals surface area contributed by atoms with Crippen LogP contribution in [0.2, 0.25) is 0 Å². The Hall–Kier alpha value is -2.69. The van der Waals surface area contributed by atoms with E-state index in [0.717, 1.165) is 0 Å². The van der Waals surface area contributed by atoms with Gasteiger partial charge in [-0.3, -0.25) is 19.8 Å². The highest BCUT2D eigenvalue weighted by atomic mass is 16.6. The number of nitro groups is 1. The van der Waals surface area contributed by atoms with Crippen molar-refractivity contribution in [2.75, 3.05) is 4.90 Å². The molecule has 5 heteroatoms. The highest BCUT2D eigenvalue weighted by molar-refractivity contribution is 5.86. The number of amides is 1. The number of carbonyl (C=O) groups is 1. The Kier molecular flexibility index (Phi) is 3.33. The lowest BCUT2D eigenvalue weighted by molar-refractivity contribution is -0.384. The lowest BCUT2D eigenvalue weighted by atomic mass is 10.2. The summed E-state index contributed by atoms with van der Waals surface area (Å²) < 4.78 is 0. The molecule has 0 bridgehead atoms. The number of para-hydroxylation sites is 1. The Morgan fingerprint density at radius 3 is 2.00 bits per heavy atom. The first kappa shape index (κ1) is 11.8. The van der Waals surface area contributed by atoms with Gasteiger partial charge < -0.3 is 0 Å². The average Bonchev–Trinajstić information content (AvgIpc) is 2.41. The van der Waals surface area contributed by atoms with Crippen LogP contribution in [0.1, 0.15) is 0 Å². The van der Waals surface area contributed by atoms with E-state index in [9.17, 15) is 14.9 Å². The maximum Gasteiger partial charge on any atom is 0.269 e. The van der Waals surface area contributed by atoms with Crippen molar-refractivity contribution >= 4 is 23.5 Å². The lowest BCUT2D eigenvalue weighted by Crippen LogP contribution is -2.13. The van der Waals surface area contributed by atoms with Gasteiger partial charge in [0.1, 0.15) is 0 Å². The molecule has 2 aromatic carbocycles. The molecular formula is C13H10N2O3. The van der Waals surface area contributed by atoms with Crippen LogP contribution in [0.4, 0.5) is 17.1 Å². The Balaban J connectivity index is 2.34. The van der Waals surface area contributed by atoms with Gasteiger partial charge in [0.2, 0.25) is 6.41 Å². The SMILES string of the molecule is O=CN(c1ccccc1)c1ccc([N+](=O)[O-])cc1. The molecular weight excluding hydrogens is 232 g/mol. The molecule has 2 aromatic rings. The van der Waals surface area contributed by atoms with Crippen molar-refractivity contribution in [1.29, 1.82) is 0 Å². The van der Waals surface area contributed by atoms with E-state index in [2.05, 4.69) is 0 Å². The van der Waals surface area contributed by atoms with Crippen LogP contribution in [0.3, 0.4) is 0 Å². The Bertz CT molecular complexity index is 552. The number of hydrogen-bond acceptors (Lipinski definition) is 3. The third kappa shape index (κ3) is 2.35. The Morgan fingerprint density at radius 1 is 0.944 bits per heavy atom. The van der Waals surface area contributed by atoms with Crippen LogP contribution in [-0.2, 0) is 4.79 Å². The maximum atomic E-state index is 11.1. The molecule has 0 heterocycles. The largest absolute Gasteiger partial charge is 0.284 e. The predicted octanol–water partition coefficient (Wildman–Crippen LogP) is 2.89. The number of benzene rings is 2. The Morgan fingerprint density at radius 2 is 1.50 bits per heavy atom.